The topological polar surface area (TPSA) is 28.4 Å². The van der Waals surface area contributed by atoms with Crippen molar-refractivity contribution in [3.63, 3.8) is 0 Å². The molecule has 0 unspecified atom stereocenters. The molecule has 0 atom stereocenters. The molecule has 3 heteroatoms. The molecule has 1 aliphatic rings. The first-order valence-electron chi connectivity index (χ1n) is 8.27. The fourth-order valence-electron chi connectivity index (χ4n) is 3.17. The number of nitrogens with zero attached hydrogens (tertiary/aromatic N) is 1. The predicted octanol–water partition coefficient (Wildman–Crippen LogP) is 3.79. The van der Waals surface area contributed by atoms with E-state index in [4.69, 9.17) is 4.42 Å². The molecule has 0 amide bonds. The Morgan fingerprint density at radius 1 is 1.24 bits per heavy atom. The number of hydrogen-bond acceptors (Lipinski definition) is 3. The third kappa shape index (κ3) is 3.66. The number of nitrogens with one attached hydrogen (secondary N) is 1. The lowest BCUT2D eigenvalue weighted by molar-refractivity contribution is 0.195. The molecule has 0 bridgehead atoms. The lowest BCUT2D eigenvalue weighted by Crippen LogP contribution is -2.42. The van der Waals surface area contributed by atoms with Gasteiger partial charge in [0.2, 0.25) is 0 Å². The van der Waals surface area contributed by atoms with Crippen molar-refractivity contribution in [1.82, 2.24) is 10.2 Å². The van der Waals surface area contributed by atoms with Gasteiger partial charge in [0, 0.05) is 23.5 Å². The van der Waals surface area contributed by atoms with Crippen LogP contribution < -0.4 is 5.32 Å². The van der Waals surface area contributed by atoms with Crippen molar-refractivity contribution in [2.75, 3.05) is 19.6 Å². The number of benzene rings is 1. The van der Waals surface area contributed by atoms with Crippen LogP contribution in [0, 0.1) is 0 Å². The molecule has 3 nitrogen and oxygen atoms in total. The number of fused-ring (bicyclic) bond motifs is 1. The summed E-state index contributed by atoms with van der Waals surface area (Å²) in [5, 5.41) is 4.95. The largest absolute Gasteiger partial charge is 0.464 e. The zero-order valence-electron chi connectivity index (χ0n) is 13.0. The SMILES string of the molecule is CCCCN1CCC(NCc2coc3ccccc23)CC1. The average Bonchev–Trinajstić information content (AvgIpc) is 2.95. The Labute approximate surface area is 127 Å². The first-order chi connectivity index (χ1) is 10.4. The lowest BCUT2D eigenvalue weighted by atomic mass is 10.0. The monoisotopic (exact) mass is 286 g/mol. The van der Waals surface area contributed by atoms with Crippen LogP contribution in [-0.2, 0) is 6.54 Å². The van der Waals surface area contributed by atoms with E-state index in [0.29, 0.717) is 6.04 Å². The highest BCUT2D eigenvalue weighted by atomic mass is 16.3. The Bertz CT molecular complexity index is 555. The summed E-state index contributed by atoms with van der Waals surface area (Å²) >= 11 is 0. The molecule has 0 saturated carbocycles. The minimum Gasteiger partial charge on any atom is -0.464 e. The van der Waals surface area contributed by atoms with Gasteiger partial charge in [-0.1, -0.05) is 31.5 Å². The quantitative estimate of drug-likeness (QED) is 0.876. The highest BCUT2D eigenvalue weighted by Crippen LogP contribution is 2.21. The van der Waals surface area contributed by atoms with Crippen molar-refractivity contribution in [2.45, 2.75) is 45.2 Å². The van der Waals surface area contributed by atoms with Crippen LogP contribution in [0.4, 0.5) is 0 Å². The van der Waals surface area contributed by atoms with E-state index in [9.17, 15) is 0 Å². The van der Waals surface area contributed by atoms with Gasteiger partial charge >= 0.3 is 0 Å². The van der Waals surface area contributed by atoms with Gasteiger partial charge in [-0.3, -0.25) is 0 Å². The molecule has 1 saturated heterocycles. The van der Waals surface area contributed by atoms with E-state index in [-0.39, 0.29) is 0 Å². The van der Waals surface area contributed by atoms with Crippen molar-refractivity contribution < 1.29 is 4.42 Å². The molecule has 1 aromatic heterocycles. The number of furan rings is 1. The molecule has 2 heterocycles. The van der Waals surface area contributed by atoms with Crippen molar-refractivity contribution in [1.29, 1.82) is 0 Å². The second-order valence-corrected chi connectivity index (χ2v) is 6.11. The van der Waals surface area contributed by atoms with Gasteiger partial charge < -0.3 is 14.6 Å². The third-order valence-corrected chi connectivity index (χ3v) is 4.56. The molecule has 3 rings (SSSR count). The summed E-state index contributed by atoms with van der Waals surface area (Å²) in [5.41, 5.74) is 2.27. The van der Waals surface area contributed by atoms with Crippen LogP contribution in [-0.4, -0.2) is 30.6 Å². The number of piperidine rings is 1. The molecular formula is C18H26N2O. The summed E-state index contributed by atoms with van der Waals surface area (Å²) in [6, 6.07) is 8.92. The highest BCUT2D eigenvalue weighted by Gasteiger charge is 2.18. The van der Waals surface area contributed by atoms with Crippen LogP contribution in [0.2, 0.25) is 0 Å². The highest BCUT2D eigenvalue weighted by molar-refractivity contribution is 5.80. The fourth-order valence-corrected chi connectivity index (χ4v) is 3.17. The first-order valence-corrected chi connectivity index (χ1v) is 8.27. The van der Waals surface area contributed by atoms with Crippen LogP contribution in [0.3, 0.4) is 0 Å². The van der Waals surface area contributed by atoms with Crippen LogP contribution in [0.25, 0.3) is 11.0 Å². The number of unbranched alkanes of at least 4 members (excludes halogenated alkanes) is 1. The third-order valence-electron chi connectivity index (χ3n) is 4.56. The van der Waals surface area contributed by atoms with E-state index in [0.717, 1.165) is 12.1 Å². The van der Waals surface area contributed by atoms with E-state index in [1.807, 2.05) is 18.4 Å². The molecule has 0 aliphatic carbocycles. The van der Waals surface area contributed by atoms with Crippen molar-refractivity contribution in [3.05, 3.63) is 36.1 Å². The number of hydrogen-bond donors (Lipinski definition) is 1. The zero-order valence-corrected chi connectivity index (χ0v) is 13.0. The van der Waals surface area contributed by atoms with Crippen LogP contribution >= 0.6 is 0 Å². The Kier molecular flexibility index (Phi) is 4.94. The van der Waals surface area contributed by atoms with Gasteiger partial charge in [0.25, 0.3) is 0 Å². The lowest BCUT2D eigenvalue weighted by Gasteiger charge is -2.32. The molecule has 114 valence electrons. The molecule has 2 aromatic rings. The van der Waals surface area contributed by atoms with Crippen molar-refractivity contribution >= 4 is 11.0 Å². The van der Waals surface area contributed by atoms with Crippen molar-refractivity contribution in [2.24, 2.45) is 0 Å². The molecule has 21 heavy (non-hydrogen) atoms. The number of likely N-dealkylation sites (tertiary alicyclic amines) is 1. The van der Waals surface area contributed by atoms with E-state index < -0.39 is 0 Å². The minimum atomic E-state index is 0.650. The van der Waals surface area contributed by atoms with Crippen LogP contribution in [0.5, 0.6) is 0 Å². The van der Waals surface area contributed by atoms with Gasteiger partial charge in [0.05, 0.1) is 6.26 Å². The number of para-hydroxylation sites is 1. The van der Waals surface area contributed by atoms with E-state index >= 15 is 0 Å². The van der Waals surface area contributed by atoms with E-state index in [2.05, 4.69) is 29.3 Å². The normalized spacial score (nSPS) is 17.6. The molecule has 0 spiro atoms. The van der Waals surface area contributed by atoms with Gasteiger partial charge in [-0.2, -0.15) is 0 Å². The van der Waals surface area contributed by atoms with Gasteiger partial charge in [-0.25, -0.2) is 0 Å². The molecule has 1 N–H and O–H groups in total. The summed E-state index contributed by atoms with van der Waals surface area (Å²) in [6.45, 7) is 6.93. The molecule has 0 radical (unpaired) electrons. The first kappa shape index (κ1) is 14.6. The second-order valence-electron chi connectivity index (χ2n) is 6.11. The average molecular weight is 286 g/mol. The molecule has 1 fully saturated rings. The fraction of sp³-hybridized carbons (Fsp3) is 0.556. The summed E-state index contributed by atoms with van der Waals surface area (Å²) in [5.74, 6) is 0. The maximum atomic E-state index is 5.60. The summed E-state index contributed by atoms with van der Waals surface area (Å²) in [4.78, 5) is 2.61. The summed E-state index contributed by atoms with van der Waals surface area (Å²) in [6.07, 6.45) is 7.05. The van der Waals surface area contributed by atoms with Gasteiger partial charge in [-0.15, -0.1) is 0 Å². The summed E-state index contributed by atoms with van der Waals surface area (Å²) < 4.78 is 5.60. The minimum absolute atomic E-state index is 0.650. The van der Waals surface area contributed by atoms with Crippen LogP contribution in [0.1, 0.15) is 38.2 Å². The zero-order chi connectivity index (χ0) is 14.5. The molecular weight excluding hydrogens is 260 g/mol. The molecule has 1 aliphatic heterocycles. The molecule has 1 aromatic carbocycles. The van der Waals surface area contributed by atoms with E-state index in [1.165, 1.54) is 56.3 Å². The smallest absolute Gasteiger partial charge is 0.134 e. The van der Waals surface area contributed by atoms with E-state index in [1.54, 1.807) is 0 Å². The van der Waals surface area contributed by atoms with Crippen molar-refractivity contribution in [3.8, 4) is 0 Å². The maximum absolute atomic E-state index is 5.60. The van der Waals surface area contributed by atoms with Gasteiger partial charge in [0.1, 0.15) is 5.58 Å². The summed E-state index contributed by atoms with van der Waals surface area (Å²) in [7, 11) is 0. The van der Waals surface area contributed by atoms with Crippen LogP contribution in [0.15, 0.2) is 34.9 Å². The Balaban J connectivity index is 1.48. The Morgan fingerprint density at radius 2 is 2.05 bits per heavy atom. The predicted molar refractivity (Wildman–Crippen MR) is 87.4 cm³/mol. The van der Waals surface area contributed by atoms with Gasteiger partial charge in [-0.05, 0) is 45.0 Å². The standard InChI is InChI=1S/C18H26N2O/c1-2-3-10-20-11-8-16(9-12-20)19-13-15-14-21-18-7-5-4-6-17(15)18/h4-7,14,16,19H,2-3,8-13H2,1H3. The maximum Gasteiger partial charge on any atom is 0.134 e. The number of rotatable bonds is 6. The Morgan fingerprint density at radius 3 is 2.86 bits per heavy atom. The van der Waals surface area contributed by atoms with Gasteiger partial charge in [0.15, 0.2) is 0 Å². The Hall–Kier alpha value is -1.32. The second kappa shape index (κ2) is 7.10.